The van der Waals surface area contributed by atoms with Gasteiger partial charge in [0.2, 0.25) is 0 Å². The van der Waals surface area contributed by atoms with Gasteiger partial charge in [-0.05, 0) is 0 Å². The molecule has 0 saturated carbocycles. The number of benzene rings is 2. The van der Waals surface area contributed by atoms with Crippen LogP contribution in [0.15, 0.2) is 35.4 Å². The van der Waals surface area contributed by atoms with E-state index in [1.54, 1.807) is 33.4 Å². The van der Waals surface area contributed by atoms with Crippen molar-refractivity contribution in [1.29, 1.82) is 0 Å². The summed E-state index contributed by atoms with van der Waals surface area (Å²) in [5, 5.41) is 0. The van der Waals surface area contributed by atoms with Gasteiger partial charge in [0.1, 0.15) is 0 Å². The Labute approximate surface area is 180 Å². The summed E-state index contributed by atoms with van der Waals surface area (Å²) >= 11 is -1.83. The number of aryl methyl sites for hydroxylation is 4. The Morgan fingerprint density at radius 3 is 1.39 bits per heavy atom. The second-order valence-corrected chi connectivity index (χ2v) is 29.5. The molecule has 2 atom stereocenters. The molecule has 0 aliphatic heterocycles. The quantitative estimate of drug-likeness (QED) is 0.423. The van der Waals surface area contributed by atoms with Gasteiger partial charge >= 0.3 is 181 Å². The second kappa shape index (κ2) is 7.37. The number of rotatable bonds is 3. The van der Waals surface area contributed by atoms with Crippen molar-refractivity contribution >= 4 is 18.1 Å². The van der Waals surface area contributed by atoms with Crippen LogP contribution < -0.4 is 0 Å². The molecule has 2 aromatic rings. The maximum absolute atomic E-state index is 2.65. The maximum atomic E-state index is 2.65. The van der Waals surface area contributed by atoms with E-state index in [9.17, 15) is 0 Å². The van der Waals surface area contributed by atoms with Gasteiger partial charge in [0.05, 0.1) is 0 Å². The Balaban J connectivity index is 1.89. The zero-order chi connectivity index (χ0) is 20.3. The van der Waals surface area contributed by atoms with Crippen LogP contribution in [-0.4, -0.2) is 5.92 Å². The van der Waals surface area contributed by atoms with Gasteiger partial charge in [-0.2, -0.15) is 0 Å². The van der Waals surface area contributed by atoms with Gasteiger partial charge in [-0.15, -0.1) is 0 Å². The standard InChI is InChI=1S/2C12H13.C2H7Si.Zr/c2*1-8-4-10(3)12-7-9(2)6-11(12)5-8;1-3-2;/h2*4-7H,1-3H3;3H,1-2H3;. The Hall–Kier alpha value is -0.980. The first-order valence-corrected chi connectivity index (χ1v) is 20.6. The Morgan fingerprint density at radius 2 is 1.04 bits per heavy atom. The monoisotopic (exact) mass is 463 g/mol. The molecule has 0 bridgehead atoms. The molecule has 0 nitrogen and oxygen atoms in total. The number of allylic oxidation sites excluding steroid dienone is 2. The summed E-state index contributed by atoms with van der Waals surface area (Å²) in [6, 6.07) is 9.77. The number of fused-ring (bicyclic) bond motifs is 2. The van der Waals surface area contributed by atoms with Gasteiger partial charge in [0, 0.05) is 0 Å². The van der Waals surface area contributed by atoms with Gasteiger partial charge in [-0.1, -0.05) is 0 Å². The van der Waals surface area contributed by atoms with Crippen molar-refractivity contribution < 1.29 is 20.9 Å². The van der Waals surface area contributed by atoms with Crippen LogP contribution in [0.1, 0.15) is 65.6 Å². The summed E-state index contributed by atoms with van der Waals surface area (Å²) in [7, 11) is 0. The third-order valence-corrected chi connectivity index (χ3v) is 28.9. The Kier molecular flexibility index (Phi) is 5.34. The van der Waals surface area contributed by atoms with Crippen LogP contribution in [0.2, 0.25) is 13.1 Å². The molecule has 0 aromatic heterocycles. The summed E-state index contributed by atoms with van der Waals surface area (Å²) in [6.07, 6.45) is 5.06. The fourth-order valence-electron chi connectivity index (χ4n) is 5.73. The van der Waals surface area contributed by atoms with Gasteiger partial charge in [-0.25, -0.2) is 0 Å². The Morgan fingerprint density at radius 1 is 0.643 bits per heavy atom. The van der Waals surface area contributed by atoms with Crippen LogP contribution in [-0.2, 0) is 20.9 Å². The topological polar surface area (TPSA) is 0 Å². The van der Waals surface area contributed by atoms with Crippen molar-refractivity contribution in [2.24, 2.45) is 0 Å². The average molecular weight is 465 g/mol. The van der Waals surface area contributed by atoms with E-state index in [2.05, 4.69) is 91.1 Å². The first-order valence-electron chi connectivity index (χ1n) is 10.6. The molecule has 0 N–H and O–H groups in total. The molecule has 145 valence electrons. The fourth-order valence-corrected chi connectivity index (χ4v) is 28.9. The van der Waals surface area contributed by atoms with E-state index in [4.69, 9.17) is 0 Å². The minimum atomic E-state index is -1.83. The van der Waals surface area contributed by atoms with E-state index in [1.165, 1.54) is 22.3 Å². The van der Waals surface area contributed by atoms with Gasteiger partial charge < -0.3 is 0 Å². The minimum absolute atomic E-state index is 0.734. The van der Waals surface area contributed by atoms with Crippen LogP contribution in [0.5, 0.6) is 0 Å². The average Bonchev–Trinajstić information content (AvgIpc) is 3.07. The van der Waals surface area contributed by atoms with E-state index in [1.807, 2.05) is 0 Å². The summed E-state index contributed by atoms with van der Waals surface area (Å²) in [4.78, 5) is 0. The number of hydrogen-bond donors (Lipinski definition) is 0. The van der Waals surface area contributed by atoms with Crippen molar-refractivity contribution in [3.63, 3.8) is 0 Å². The SMILES string of the molecule is CC1=Cc2c(C)cc(C)cc2[CH]1[Zr]([CH]1C(C)=Cc2c(C)cc(C)cc21)[SiH](C)C. The summed E-state index contributed by atoms with van der Waals surface area (Å²) in [6.45, 7) is 19.3. The van der Waals surface area contributed by atoms with Crippen molar-refractivity contribution in [2.75, 3.05) is 0 Å². The normalized spacial score (nSPS) is 20.2. The summed E-state index contributed by atoms with van der Waals surface area (Å²) in [5.74, 6) is -0.734. The first-order chi connectivity index (χ1) is 13.2. The number of hydrogen-bond acceptors (Lipinski definition) is 0. The van der Waals surface area contributed by atoms with E-state index >= 15 is 0 Å². The van der Waals surface area contributed by atoms with Crippen molar-refractivity contribution in [3.8, 4) is 0 Å². The zero-order valence-corrected chi connectivity index (χ0v) is 22.3. The van der Waals surface area contributed by atoms with Crippen LogP contribution in [0.25, 0.3) is 12.2 Å². The molecule has 0 fully saturated rings. The molecule has 2 aliphatic rings. The first kappa shape index (κ1) is 20.3. The fraction of sp³-hybridized carbons (Fsp3) is 0.385. The third-order valence-electron chi connectivity index (χ3n) is 6.74. The molecule has 4 rings (SSSR count). The zero-order valence-electron chi connectivity index (χ0n) is 18.7. The summed E-state index contributed by atoms with van der Waals surface area (Å²) < 4.78 is 1.53. The van der Waals surface area contributed by atoms with E-state index in [0.29, 0.717) is 0 Å². The van der Waals surface area contributed by atoms with Crippen LogP contribution in [0.4, 0.5) is 0 Å². The predicted molar refractivity (Wildman–Crippen MR) is 123 cm³/mol. The van der Waals surface area contributed by atoms with Gasteiger partial charge in [0.25, 0.3) is 0 Å². The van der Waals surface area contributed by atoms with Crippen molar-refractivity contribution in [2.45, 2.75) is 61.9 Å². The van der Waals surface area contributed by atoms with E-state index < -0.39 is 26.8 Å². The molecule has 2 unspecified atom stereocenters. The van der Waals surface area contributed by atoms with Crippen LogP contribution in [0, 0.1) is 27.7 Å². The Bertz CT molecular complexity index is 946. The molecule has 2 heteroatoms. The van der Waals surface area contributed by atoms with Gasteiger partial charge in [0.15, 0.2) is 0 Å². The molecule has 0 radical (unpaired) electrons. The molecular formula is C26H33SiZr. The molecular weight excluding hydrogens is 432 g/mol. The van der Waals surface area contributed by atoms with Crippen LogP contribution >= 0.6 is 0 Å². The van der Waals surface area contributed by atoms with Crippen molar-refractivity contribution in [1.82, 2.24) is 0 Å². The summed E-state index contributed by atoms with van der Waals surface area (Å²) in [5.41, 5.74) is 15.6. The molecule has 0 saturated heterocycles. The second-order valence-electron chi connectivity index (χ2n) is 9.47. The molecule has 0 heterocycles. The predicted octanol–water partition coefficient (Wildman–Crippen LogP) is 7.14. The van der Waals surface area contributed by atoms with Crippen molar-refractivity contribution in [3.05, 3.63) is 79.9 Å². The third kappa shape index (κ3) is 3.21. The molecule has 28 heavy (non-hydrogen) atoms. The van der Waals surface area contributed by atoms with Crippen LogP contribution in [0.3, 0.4) is 0 Å². The molecule has 2 aliphatic carbocycles. The van der Waals surface area contributed by atoms with E-state index in [0.717, 1.165) is 7.25 Å². The molecule has 2 aromatic carbocycles. The van der Waals surface area contributed by atoms with E-state index in [-0.39, 0.29) is 0 Å². The van der Waals surface area contributed by atoms with Gasteiger partial charge in [-0.3, -0.25) is 0 Å². The molecule has 0 spiro atoms. The molecule has 0 amide bonds.